The Bertz CT molecular complexity index is 571. The van der Waals surface area contributed by atoms with Gasteiger partial charge in [-0.25, -0.2) is 9.79 Å². The zero-order chi connectivity index (χ0) is 11.1. The Morgan fingerprint density at radius 3 is 3.19 bits per heavy atom. The molecule has 2 aliphatic rings. The lowest BCUT2D eigenvalue weighted by molar-refractivity contribution is 0.207. The summed E-state index contributed by atoms with van der Waals surface area (Å²) in [5.74, 6) is 0. The van der Waals surface area contributed by atoms with E-state index < -0.39 is 0 Å². The molecule has 5 nitrogen and oxygen atoms in total. The van der Waals surface area contributed by atoms with Crippen LogP contribution in [0.3, 0.4) is 0 Å². The Morgan fingerprint density at radius 2 is 2.31 bits per heavy atom. The number of aliphatic imine (C=N–C) groups is 1. The SMILES string of the molecule is O=C1N=CCC2c3c(cc[nH]c3=O)C=CN12. The van der Waals surface area contributed by atoms with E-state index in [0.717, 1.165) is 5.56 Å². The number of carbonyl (C=O) groups is 1. The van der Waals surface area contributed by atoms with Crippen molar-refractivity contribution in [1.29, 1.82) is 0 Å². The second-order valence-corrected chi connectivity index (χ2v) is 3.74. The summed E-state index contributed by atoms with van der Waals surface area (Å²) in [4.78, 5) is 31.1. The van der Waals surface area contributed by atoms with Crippen LogP contribution in [0.15, 0.2) is 28.3 Å². The number of H-pyrrole nitrogens is 1. The van der Waals surface area contributed by atoms with Gasteiger partial charge >= 0.3 is 6.03 Å². The third kappa shape index (κ3) is 1.14. The Balaban J connectivity index is 2.22. The average Bonchev–Trinajstić information content (AvgIpc) is 2.29. The van der Waals surface area contributed by atoms with Crippen LogP contribution in [0.1, 0.15) is 23.6 Å². The topological polar surface area (TPSA) is 65.5 Å². The number of nitrogens with zero attached hydrogens (tertiary/aromatic N) is 2. The highest BCUT2D eigenvalue weighted by molar-refractivity contribution is 5.89. The summed E-state index contributed by atoms with van der Waals surface area (Å²) in [5.41, 5.74) is 1.37. The molecule has 2 amide bonds. The smallest absolute Gasteiger partial charge is 0.329 e. The molecule has 2 aliphatic heterocycles. The summed E-state index contributed by atoms with van der Waals surface area (Å²) in [7, 11) is 0. The molecule has 0 fully saturated rings. The van der Waals surface area contributed by atoms with Gasteiger partial charge in [-0.1, -0.05) is 0 Å². The molecule has 0 aliphatic carbocycles. The van der Waals surface area contributed by atoms with E-state index in [2.05, 4.69) is 9.98 Å². The predicted molar refractivity (Wildman–Crippen MR) is 59.2 cm³/mol. The molecular formula is C11H9N3O2. The van der Waals surface area contributed by atoms with Crippen molar-refractivity contribution >= 4 is 18.3 Å². The number of carbonyl (C=O) groups excluding carboxylic acids is 1. The van der Waals surface area contributed by atoms with Crippen molar-refractivity contribution in [2.75, 3.05) is 0 Å². The van der Waals surface area contributed by atoms with Crippen LogP contribution in [-0.4, -0.2) is 22.1 Å². The summed E-state index contributed by atoms with van der Waals surface area (Å²) in [6.45, 7) is 0. The van der Waals surface area contributed by atoms with Crippen molar-refractivity contribution in [3.05, 3.63) is 39.9 Å². The maximum Gasteiger partial charge on any atom is 0.347 e. The van der Waals surface area contributed by atoms with Crippen LogP contribution in [0, 0.1) is 0 Å². The van der Waals surface area contributed by atoms with Crippen molar-refractivity contribution in [3.8, 4) is 0 Å². The number of fused-ring (bicyclic) bond motifs is 3. The van der Waals surface area contributed by atoms with E-state index in [-0.39, 0.29) is 17.6 Å². The first kappa shape index (κ1) is 9.08. The van der Waals surface area contributed by atoms with E-state index in [1.165, 1.54) is 4.90 Å². The van der Waals surface area contributed by atoms with Crippen LogP contribution >= 0.6 is 0 Å². The Kier molecular flexibility index (Phi) is 1.80. The molecule has 0 radical (unpaired) electrons. The highest BCUT2D eigenvalue weighted by Crippen LogP contribution is 2.31. The molecule has 80 valence electrons. The Labute approximate surface area is 91.1 Å². The molecule has 1 N–H and O–H groups in total. The molecule has 5 heteroatoms. The van der Waals surface area contributed by atoms with E-state index >= 15 is 0 Å². The van der Waals surface area contributed by atoms with Crippen LogP contribution in [0.25, 0.3) is 6.08 Å². The van der Waals surface area contributed by atoms with Crippen LogP contribution in [0.4, 0.5) is 4.79 Å². The van der Waals surface area contributed by atoms with Crippen LogP contribution in [-0.2, 0) is 0 Å². The normalized spacial score (nSPS) is 21.9. The van der Waals surface area contributed by atoms with Gasteiger partial charge in [-0.05, 0) is 17.7 Å². The third-order valence-corrected chi connectivity index (χ3v) is 2.87. The fourth-order valence-corrected chi connectivity index (χ4v) is 2.12. The van der Waals surface area contributed by atoms with Gasteiger partial charge in [0.15, 0.2) is 0 Å². The van der Waals surface area contributed by atoms with E-state index in [9.17, 15) is 9.59 Å². The average molecular weight is 215 g/mol. The molecule has 0 aromatic carbocycles. The molecule has 3 heterocycles. The van der Waals surface area contributed by atoms with Crippen molar-refractivity contribution in [2.24, 2.45) is 4.99 Å². The first-order valence-corrected chi connectivity index (χ1v) is 5.02. The minimum absolute atomic E-state index is 0.139. The third-order valence-electron chi connectivity index (χ3n) is 2.87. The lowest BCUT2D eigenvalue weighted by atomic mass is 9.95. The van der Waals surface area contributed by atoms with Gasteiger partial charge < -0.3 is 4.98 Å². The largest absolute Gasteiger partial charge is 0.347 e. The molecule has 3 rings (SSSR count). The maximum absolute atomic E-state index is 11.8. The molecule has 1 aromatic heterocycles. The predicted octanol–water partition coefficient (Wildman–Crippen LogP) is 1.30. The van der Waals surface area contributed by atoms with Gasteiger partial charge in [0.25, 0.3) is 5.56 Å². The molecule has 0 saturated heterocycles. The molecule has 0 spiro atoms. The zero-order valence-corrected chi connectivity index (χ0v) is 8.38. The fourth-order valence-electron chi connectivity index (χ4n) is 2.12. The number of urea groups is 1. The van der Waals surface area contributed by atoms with Crippen LogP contribution in [0.2, 0.25) is 0 Å². The van der Waals surface area contributed by atoms with E-state index in [1.807, 2.05) is 6.07 Å². The summed E-state index contributed by atoms with van der Waals surface area (Å²) in [6.07, 6.45) is 7.21. The Hall–Kier alpha value is -2.17. The standard InChI is InChI=1S/C11H9N3O2/c15-10-9-7(1-4-12-10)3-6-14-8(9)2-5-13-11(14)16/h1,3-6,8H,2H2,(H,12,15). The molecule has 0 bridgehead atoms. The number of pyridine rings is 1. The molecule has 0 saturated carbocycles. The van der Waals surface area contributed by atoms with Gasteiger partial charge in [0.2, 0.25) is 0 Å². The van der Waals surface area contributed by atoms with Crippen molar-refractivity contribution in [1.82, 2.24) is 9.88 Å². The van der Waals surface area contributed by atoms with Gasteiger partial charge in [-0.3, -0.25) is 9.69 Å². The van der Waals surface area contributed by atoms with Crippen molar-refractivity contribution in [3.63, 3.8) is 0 Å². The van der Waals surface area contributed by atoms with E-state index in [0.29, 0.717) is 12.0 Å². The van der Waals surface area contributed by atoms with Gasteiger partial charge in [0.1, 0.15) is 0 Å². The minimum Gasteiger partial charge on any atom is -0.329 e. The first-order valence-electron chi connectivity index (χ1n) is 5.02. The molecule has 1 atom stereocenters. The summed E-state index contributed by atoms with van der Waals surface area (Å²) in [6, 6.07) is 1.30. The number of rotatable bonds is 0. The van der Waals surface area contributed by atoms with E-state index in [1.54, 1.807) is 24.7 Å². The number of nitrogens with one attached hydrogen (secondary N) is 1. The van der Waals surface area contributed by atoms with E-state index in [4.69, 9.17) is 0 Å². The summed E-state index contributed by atoms with van der Waals surface area (Å²) < 4.78 is 0. The van der Waals surface area contributed by atoms with Gasteiger partial charge in [-0.2, -0.15) is 0 Å². The van der Waals surface area contributed by atoms with Crippen LogP contribution < -0.4 is 5.56 Å². The van der Waals surface area contributed by atoms with Crippen LogP contribution in [0.5, 0.6) is 0 Å². The summed E-state index contributed by atoms with van der Waals surface area (Å²) in [5, 5.41) is 0. The number of hydrogen-bond acceptors (Lipinski definition) is 2. The van der Waals surface area contributed by atoms with Crippen molar-refractivity contribution in [2.45, 2.75) is 12.5 Å². The molecule has 1 unspecified atom stereocenters. The number of aromatic nitrogens is 1. The maximum atomic E-state index is 11.8. The number of hydrogen-bond donors (Lipinski definition) is 1. The second kappa shape index (κ2) is 3.16. The molecule has 16 heavy (non-hydrogen) atoms. The first-order chi connectivity index (χ1) is 7.77. The highest BCUT2D eigenvalue weighted by atomic mass is 16.2. The van der Waals surface area contributed by atoms with Gasteiger partial charge in [-0.15, -0.1) is 0 Å². The quantitative estimate of drug-likeness (QED) is 0.708. The minimum atomic E-state index is -0.318. The zero-order valence-electron chi connectivity index (χ0n) is 8.38. The van der Waals surface area contributed by atoms with Gasteiger partial charge in [0, 0.05) is 30.6 Å². The van der Waals surface area contributed by atoms with Crippen molar-refractivity contribution < 1.29 is 4.79 Å². The second-order valence-electron chi connectivity index (χ2n) is 3.74. The van der Waals surface area contributed by atoms with Gasteiger partial charge in [0.05, 0.1) is 6.04 Å². The Morgan fingerprint density at radius 1 is 1.44 bits per heavy atom. The number of amides is 2. The highest BCUT2D eigenvalue weighted by Gasteiger charge is 2.31. The lowest BCUT2D eigenvalue weighted by Gasteiger charge is -2.32. The molecule has 1 aromatic rings. The molecular weight excluding hydrogens is 206 g/mol. The number of aromatic amines is 1. The monoisotopic (exact) mass is 215 g/mol. The lowest BCUT2D eigenvalue weighted by Crippen LogP contribution is -2.37. The fraction of sp³-hybridized carbons (Fsp3) is 0.182. The summed E-state index contributed by atoms with van der Waals surface area (Å²) >= 11 is 0.